The summed E-state index contributed by atoms with van der Waals surface area (Å²) in [6.45, 7) is 9.93. The largest absolute Gasteiger partial charge is 0.458 e. The molecule has 0 saturated carbocycles. The van der Waals surface area contributed by atoms with Gasteiger partial charge in [0.1, 0.15) is 5.60 Å². The number of halogens is 2. The molecular weight excluding hydrogens is 350 g/mol. The second-order valence-electron chi connectivity index (χ2n) is 5.46. The van der Waals surface area contributed by atoms with E-state index in [0.29, 0.717) is 11.8 Å². The molecule has 0 radical (unpaired) electrons. The van der Waals surface area contributed by atoms with Crippen molar-refractivity contribution in [3.8, 4) is 0 Å². The van der Waals surface area contributed by atoms with Gasteiger partial charge >= 0.3 is 5.97 Å². The topological polar surface area (TPSA) is 38.3 Å². The molecule has 100 valence electrons. The molecule has 17 heavy (non-hydrogen) atoms. The second-order valence-corrected chi connectivity index (χ2v) is 9.69. The maximum absolute atomic E-state index is 11.9. The highest BCUT2D eigenvalue weighted by molar-refractivity contribution is 9.25. The normalized spacial score (nSPS) is 26.7. The molecule has 0 spiro atoms. The van der Waals surface area contributed by atoms with Crippen molar-refractivity contribution in [2.75, 3.05) is 13.1 Å². The minimum Gasteiger partial charge on any atom is -0.458 e. The van der Waals surface area contributed by atoms with Crippen molar-refractivity contribution in [2.45, 2.75) is 43.0 Å². The number of alkyl halides is 2. The van der Waals surface area contributed by atoms with Crippen molar-refractivity contribution in [3.05, 3.63) is 0 Å². The molecule has 1 saturated heterocycles. The number of nitrogens with one attached hydrogen (secondary N) is 1. The van der Waals surface area contributed by atoms with Gasteiger partial charge in [-0.05, 0) is 46.2 Å². The highest BCUT2D eigenvalue weighted by atomic mass is 79.9. The molecule has 0 aromatic heterocycles. The average Bonchev–Trinajstić information content (AvgIpc) is 2.15. The van der Waals surface area contributed by atoms with Gasteiger partial charge in [0.05, 0.1) is 0 Å². The van der Waals surface area contributed by atoms with Crippen LogP contribution in [0.4, 0.5) is 0 Å². The number of ether oxygens (including phenoxy) is 1. The Morgan fingerprint density at radius 1 is 1.35 bits per heavy atom. The summed E-state index contributed by atoms with van der Waals surface area (Å²) in [5, 5.41) is 3.36. The first kappa shape index (κ1) is 15.4. The van der Waals surface area contributed by atoms with E-state index in [1.807, 2.05) is 13.8 Å². The lowest BCUT2D eigenvalue weighted by molar-refractivity contribution is -0.164. The van der Waals surface area contributed by atoms with Crippen LogP contribution in [0.1, 0.15) is 34.1 Å². The fourth-order valence-electron chi connectivity index (χ4n) is 2.45. The van der Waals surface area contributed by atoms with Gasteiger partial charge < -0.3 is 10.1 Å². The summed E-state index contributed by atoms with van der Waals surface area (Å²) < 4.78 is 4.85. The minimum absolute atomic E-state index is 0.270. The van der Waals surface area contributed by atoms with Crippen LogP contribution in [0, 0.1) is 11.8 Å². The Kier molecular flexibility index (Phi) is 5.07. The van der Waals surface area contributed by atoms with Crippen molar-refractivity contribution >= 4 is 37.8 Å². The summed E-state index contributed by atoms with van der Waals surface area (Å²) in [5.74, 6) is 0.645. The van der Waals surface area contributed by atoms with Crippen LogP contribution in [0.25, 0.3) is 0 Å². The molecule has 1 N–H and O–H groups in total. The van der Waals surface area contributed by atoms with Gasteiger partial charge in [0.2, 0.25) is 0 Å². The Bertz CT molecular complexity index is 287. The van der Waals surface area contributed by atoms with Gasteiger partial charge in [0, 0.05) is 5.92 Å². The van der Waals surface area contributed by atoms with Gasteiger partial charge in [0.15, 0.2) is 3.23 Å². The van der Waals surface area contributed by atoms with Gasteiger partial charge in [-0.25, -0.2) is 4.79 Å². The maximum Gasteiger partial charge on any atom is 0.334 e. The van der Waals surface area contributed by atoms with Crippen LogP contribution in [-0.4, -0.2) is 27.9 Å². The Labute approximate surface area is 120 Å². The molecule has 1 heterocycles. The summed E-state index contributed by atoms with van der Waals surface area (Å²) in [6, 6.07) is 0. The molecule has 1 aliphatic rings. The highest BCUT2D eigenvalue weighted by Crippen LogP contribution is 2.36. The van der Waals surface area contributed by atoms with Gasteiger partial charge in [0.25, 0.3) is 0 Å². The van der Waals surface area contributed by atoms with Gasteiger partial charge in [-0.15, -0.1) is 0 Å². The van der Waals surface area contributed by atoms with Crippen LogP contribution in [0.2, 0.25) is 0 Å². The monoisotopic (exact) mass is 369 g/mol. The van der Waals surface area contributed by atoms with Gasteiger partial charge in [-0.1, -0.05) is 38.8 Å². The smallest absolute Gasteiger partial charge is 0.334 e. The number of hydrogen-bond acceptors (Lipinski definition) is 3. The molecule has 2 unspecified atom stereocenters. The van der Waals surface area contributed by atoms with E-state index in [4.69, 9.17) is 4.74 Å². The summed E-state index contributed by atoms with van der Waals surface area (Å²) in [5.41, 5.74) is -0.429. The van der Waals surface area contributed by atoms with Crippen LogP contribution in [0.3, 0.4) is 0 Å². The second kappa shape index (κ2) is 5.57. The Morgan fingerprint density at radius 3 is 2.41 bits per heavy atom. The molecular formula is C12H21Br2NO2. The van der Waals surface area contributed by atoms with Crippen molar-refractivity contribution in [1.82, 2.24) is 5.32 Å². The Hall–Kier alpha value is 0.390. The zero-order chi connectivity index (χ0) is 13.3. The van der Waals surface area contributed by atoms with Crippen LogP contribution in [0.15, 0.2) is 0 Å². The summed E-state index contributed by atoms with van der Waals surface area (Å²) in [4.78, 5) is 11.9. The third-order valence-electron chi connectivity index (χ3n) is 3.39. The first-order valence-corrected chi connectivity index (χ1v) is 7.55. The highest BCUT2D eigenvalue weighted by Gasteiger charge is 2.41. The molecule has 2 atom stereocenters. The van der Waals surface area contributed by atoms with Crippen molar-refractivity contribution < 1.29 is 9.53 Å². The molecule has 0 aliphatic carbocycles. The molecule has 1 fully saturated rings. The minimum atomic E-state index is -0.798. The third-order valence-corrected chi connectivity index (χ3v) is 4.04. The predicted octanol–water partition coefficient (Wildman–Crippen LogP) is 3.06. The first-order chi connectivity index (χ1) is 7.64. The van der Waals surface area contributed by atoms with E-state index in [1.54, 1.807) is 6.92 Å². The Balaban J connectivity index is 2.70. The maximum atomic E-state index is 11.9. The molecule has 1 rings (SSSR count). The molecule has 3 nitrogen and oxygen atoms in total. The van der Waals surface area contributed by atoms with E-state index in [9.17, 15) is 4.79 Å². The van der Waals surface area contributed by atoms with E-state index >= 15 is 0 Å². The van der Waals surface area contributed by atoms with Crippen LogP contribution < -0.4 is 5.32 Å². The van der Waals surface area contributed by atoms with Gasteiger partial charge in [-0.3, -0.25) is 0 Å². The average molecular weight is 371 g/mol. The van der Waals surface area contributed by atoms with E-state index < -0.39 is 8.83 Å². The fraction of sp³-hybridized carbons (Fsp3) is 0.917. The standard InChI is InChI=1S/C12H21Br2NO2/c1-8-7-15-6-5-9(8)11(2,3)17-10(16)12(4,13)14/h8-9,15H,5-7H2,1-4H3. The SMILES string of the molecule is CC1CNCCC1C(C)(C)OC(=O)C(C)(Br)Br. The number of piperidine rings is 1. The lowest BCUT2D eigenvalue weighted by Gasteiger charge is -2.41. The quantitative estimate of drug-likeness (QED) is 0.612. The lowest BCUT2D eigenvalue weighted by atomic mass is 9.77. The molecule has 0 amide bonds. The van der Waals surface area contributed by atoms with Crippen LogP contribution >= 0.6 is 31.9 Å². The Morgan fingerprint density at radius 2 is 1.94 bits per heavy atom. The number of rotatable bonds is 3. The van der Waals surface area contributed by atoms with E-state index in [-0.39, 0.29) is 5.97 Å². The van der Waals surface area contributed by atoms with Crippen molar-refractivity contribution in [3.63, 3.8) is 0 Å². The van der Waals surface area contributed by atoms with Crippen LogP contribution in [0.5, 0.6) is 0 Å². The summed E-state index contributed by atoms with van der Waals surface area (Å²) in [7, 11) is 0. The molecule has 0 aromatic carbocycles. The van der Waals surface area contributed by atoms with Crippen molar-refractivity contribution in [1.29, 1.82) is 0 Å². The van der Waals surface area contributed by atoms with Gasteiger partial charge in [-0.2, -0.15) is 0 Å². The fourth-order valence-corrected chi connectivity index (χ4v) is 2.61. The number of carbonyl (C=O) groups excluding carboxylic acids is 1. The molecule has 0 bridgehead atoms. The zero-order valence-corrected chi connectivity index (χ0v) is 14.0. The van der Waals surface area contributed by atoms with E-state index in [2.05, 4.69) is 44.1 Å². The third kappa shape index (κ3) is 4.21. The zero-order valence-electron chi connectivity index (χ0n) is 10.8. The first-order valence-electron chi connectivity index (χ1n) is 5.96. The molecule has 1 aliphatic heterocycles. The number of carbonyl (C=O) groups is 1. The van der Waals surface area contributed by atoms with E-state index in [1.165, 1.54) is 0 Å². The van der Waals surface area contributed by atoms with Crippen molar-refractivity contribution in [2.24, 2.45) is 11.8 Å². The van der Waals surface area contributed by atoms with Crippen LogP contribution in [-0.2, 0) is 9.53 Å². The summed E-state index contributed by atoms with van der Waals surface area (Å²) in [6.07, 6.45) is 1.04. The van der Waals surface area contributed by atoms with E-state index in [0.717, 1.165) is 19.5 Å². The number of hydrogen-bond donors (Lipinski definition) is 1. The molecule has 0 aromatic rings. The molecule has 5 heteroatoms. The summed E-state index contributed by atoms with van der Waals surface area (Å²) >= 11 is 6.53. The number of esters is 1. The predicted molar refractivity (Wildman–Crippen MR) is 76.6 cm³/mol. The lowest BCUT2D eigenvalue weighted by Crippen LogP contribution is -2.48.